The molecule has 0 radical (unpaired) electrons. The summed E-state index contributed by atoms with van der Waals surface area (Å²) in [4.78, 5) is 14.1. The molecule has 4 rings (SSSR count). The smallest absolute Gasteiger partial charge is 0.261 e. The first-order valence-electron chi connectivity index (χ1n) is 9.32. The number of rotatable bonds is 4. The van der Waals surface area contributed by atoms with Gasteiger partial charge < -0.3 is 15.0 Å². The maximum atomic E-state index is 13.0. The van der Waals surface area contributed by atoms with Crippen LogP contribution in [0.3, 0.4) is 0 Å². The van der Waals surface area contributed by atoms with Crippen molar-refractivity contribution in [3.05, 3.63) is 72.3 Å². The van der Waals surface area contributed by atoms with Crippen LogP contribution in [0.2, 0.25) is 0 Å². The van der Waals surface area contributed by atoms with Gasteiger partial charge in [0, 0.05) is 12.6 Å². The molecule has 3 aromatic carbocycles. The number of anilines is 4. The number of nitrogens with one attached hydrogen (secondary N) is 2. The van der Waals surface area contributed by atoms with Gasteiger partial charge in [-0.1, -0.05) is 24.3 Å². The maximum Gasteiger partial charge on any atom is 0.261 e. The van der Waals surface area contributed by atoms with E-state index >= 15 is 0 Å². The van der Waals surface area contributed by atoms with E-state index in [9.17, 15) is 13.2 Å². The summed E-state index contributed by atoms with van der Waals surface area (Å²) in [6, 6.07) is 18.9. The van der Waals surface area contributed by atoms with E-state index in [2.05, 4.69) is 10.0 Å². The molecule has 154 valence electrons. The van der Waals surface area contributed by atoms with Crippen molar-refractivity contribution in [1.29, 1.82) is 0 Å². The van der Waals surface area contributed by atoms with Gasteiger partial charge in [0.25, 0.3) is 10.0 Å². The summed E-state index contributed by atoms with van der Waals surface area (Å²) >= 11 is 0. The Bertz CT molecular complexity index is 1210. The summed E-state index contributed by atoms with van der Waals surface area (Å²) in [5, 5.41) is 3.31. The number of ether oxygens (including phenoxy) is 1. The molecular weight excluding hydrogens is 402 g/mol. The molecule has 0 unspecified atom stereocenters. The summed E-state index contributed by atoms with van der Waals surface area (Å²) in [5.74, 6) is 0.433. The molecule has 0 aliphatic carbocycles. The van der Waals surface area contributed by atoms with Gasteiger partial charge in [-0.25, -0.2) is 8.42 Å². The number of benzene rings is 3. The predicted molar refractivity (Wildman–Crippen MR) is 117 cm³/mol. The lowest BCUT2D eigenvalue weighted by molar-refractivity contribution is -0.116. The Hall–Kier alpha value is -3.52. The monoisotopic (exact) mass is 423 g/mol. The molecule has 8 heteroatoms. The molecule has 2 N–H and O–H groups in total. The minimum atomic E-state index is -3.85. The minimum absolute atomic E-state index is 0.110. The average Bonchev–Trinajstić information content (AvgIpc) is 2.91. The van der Waals surface area contributed by atoms with Gasteiger partial charge in [0.05, 0.1) is 35.6 Å². The first-order valence-corrected chi connectivity index (χ1v) is 10.8. The standard InChI is InChI=1S/C22H21N3O4S/c1-15(26)25-14-16-6-3-4-7-19(16)23-22-20(8-5-9-21(22)25)24-30(27,28)18-12-10-17(29-2)11-13-18/h3-13,23-24H,14H2,1-2H3. The van der Waals surface area contributed by atoms with Gasteiger partial charge in [-0.15, -0.1) is 0 Å². The van der Waals surface area contributed by atoms with Gasteiger partial charge in [-0.05, 0) is 48.0 Å². The molecule has 7 nitrogen and oxygen atoms in total. The second-order valence-corrected chi connectivity index (χ2v) is 8.55. The summed E-state index contributed by atoms with van der Waals surface area (Å²) < 4.78 is 33.7. The Balaban J connectivity index is 1.78. The molecule has 0 fully saturated rings. The Morgan fingerprint density at radius 3 is 2.47 bits per heavy atom. The van der Waals surface area contributed by atoms with E-state index in [0.29, 0.717) is 29.4 Å². The van der Waals surface area contributed by atoms with Gasteiger partial charge in [0.1, 0.15) is 5.75 Å². The zero-order valence-electron chi connectivity index (χ0n) is 16.5. The van der Waals surface area contributed by atoms with Gasteiger partial charge in [-0.2, -0.15) is 0 Å². The molecule has 0 aromatic heterocycles. The van der Waals surface area contributed by atoms with Crippen LogP contribution in [0.1, 0.15) is 12.5 Å². The van der Waals surface area contributed by atoms with E-state index in [1.54, 1.807) is 35.2 Å². The zero-order chi connectivity index (χ0) is 21.3. The Morgan fingerprint density at radius 2 is 1.77 bits per heavy atom. The molecule has 1 aliphatic rings. The first-order chi connectivity index (χ1) is 14.4. The largest absolute Gasteiger partial charge is 0.497 e. The van der Waals surface area contributed by atoms with E-state index in [4.69, 9.17) is 4.74 Å². The molecule has 1 amide bonds. The van der Waals surface area contributed by atoms with Crippen molar-refractivity contribution in [2.45, 2.75) is 18.4 Å². The number of carbonyl (C=O) groups is 1. The van der Waals surface area contributed by atoms with Gasteiger partial charge in [-0.3, -0.25) is 9.52 Å². The number of nitrogens with zero attached hydrogens (tertiary/aromatic N) is 1. The normalized spacial score (nSPS) is 12.8. The fourth-order valence-corrected chi connectivity index (χ4v) is 4.46. The molecule has 0 saturated carbocycles. The molecule has 30 heavy (non-hydrogen) atoms. The third-order valence-electron chi connectivity index (χ3n) is 4.93. The molecule has 0 bridgehead atoms. The molecule has 1 aliphatic heterocycles. The number of fused-ring (bicyclic) bond motifs is 2. The highest BCUT2D eigenvalue weighted by Gasteiger charge is 2.25. The van der Waals surface area contributed by atoms with Gasteiger partial charge >= 0.3 is 0 Å². The number of sulfonamides is 1. The quantitative estimate of drug-likeness (QED) is 0.660. The van der Waals surface area contributed by atoms with E-state index in [1.807, 2.05) is 24.3 Å². The Morgan fingerprint density at radius 1 is 1.03 bits per heavy atom. The van der Waals surface area contributed by atoms with Crippen LogP contribution in [-0.4, -0.2) is 21.4 Å². The van der Waals surface area contributed by atoms with E-state index in [0.717, 1.165) is 11.3 Å². The van der Waals surface area contributed by atoms with Crippen molar-refractivity contribution in [3.8, 4) is 5.75 Å². The molecular formula is C22H21N3O4S. The lowest BCUT2D eigenvalue weighted by atomic mass is 10.1. The SMILES string of the molecule is COc1ccc(S(=O)(=O)Nc2cccc3c2Nc2ccccc2CN3C(C)=O)cc1. The Kier molecular flexibility index (Phi) is 5.09. The molecule has 3 aromatic rings. The van der Waals surface area contributed by atoms with Crippen LogP contribution in [0, 0.1) is 0 Å². The number of methoxy groups -OCH3 is 1. The molecule has 0 saturated heterocycles. The minimum Gasteiger partial charge on any atom is -0.497 e. The van der Waals surface area contributed by atoms with Crippen LogP contribution in [0.25, 0.3) is 0 Å². The highest BCUT2D eigenvalue weighted by Crippen LogP contribution is 2.41. The van der Waals surface area contributed by atoms with Gasteiger partial charge in [0.15, 0.2) is 0 Å². The second-order valence-electron chi connectivity index (χ2n) is 6.87. The number of para-hydroxylation sites is 2. The van der Waals surface area contributed by atoms with Crippen molar-refractivity contribution >= 4 is 38.7 Å². The third kappa shape index (κ3) is 3.69. The van der Waals surface area contributed by atoms with Crippen molar-refractivity contribution in [3.63, 3.8) is 0 Å². The van der Waals surface area contributed by atoms with E-state index < -0.39 is 10.0 Å². The fourth-order valence-electron chi connectivity index (χ4n) is 3.39. The summed E-state index contributed by atoms with van der Waals surface area (Å²) in [6.45, 7) is 1.88. The summed E-state index contributed by atoms with van der Waals surface area (Å²) in [6.07, 6.45) is 0. The first kappa shape index (κ1) is 19.8. The lowest BCUT2D eigenvalue weighted by Crippen LogP contribution is -2.27. The second kappa shape index (κ2) is 7.72. The van der Waals surface area contributed by atoms with Crippen LogP contribution >= 0.6 is 0 Å². The number of carbonyl (C=O) groups excluding carboxylic acids is 1. The van der Waals surface area contributed by atoms with Crippen LogP contribution in [0.4, 0.5) is 22.7 Å². The van der Waals surface area contributed by atoms with Crippen LogP contribution < -0.4 is 19.7 Å². The summed E-state index contributed by atoms with van der Waals surface area (Å²) in [7, 11) is -2.33. The molecule has 0 atom stereocenters. The van der Waals surface area contributed by atoms with E-state index in [-0.39, 0.29) is 10.8 Å². The van der Waals surface area contributed by atoms with Gasteiger partial charge in [0.2, 0.25) is 5.91 Å². The number of hydrogen-bond acceptors (Lipinski definition) is 5. The highest BCUT2D eigenvalue weighted by molar-refractivity contribution is 7.92. The van der Waals surface area contributed by atoms with Crippen LogP contribution in [0.15, 0.2) is 71.6 Å². The van der Waals surface area contributed by atoms with E-state index in [1.165, 1.54) is 26.2 Å². The third-order valence-corrected chi connectivity index (χ3v) is 6.31. The number of hydrogen-bond donors (Lipinski definition) is 2. The van der Waals surface area contributed by atoms with Crippen molar-refractivity contribution in [1.82, 2.24) is 0 Å². The molecule has 1 heterocycles. The average molecular weight is 423 g/mol. The van der Waals surface area contributed by atoms with Crippen molar-refractivity contribution in [2.24, 2.45) is 0 Å². The maximum absolute atomic E-state index is 13.0. The van der Waals surface area contributed by atoms with Crippen molar-refractivity contribution in [2.75, 3.05) is 22.0 Å². The number of amides is 1. The topological polar surface area (TPSA) is 87.7 Å². The highest BCUT2D eigenvalue weighted by atomic mass is 32.2. The van der Waals surface area contributed by atoms with Crippen molar-refractivity contribution < 1.29 is 17.9 Å². The fraction of sp³-hybridized carbons (Fsp3) is 0.136. The van der Waals surface area contributed by atoms with Crippen LogP contribution in [0.5, 0.6) is 5.75 Å². The summed E-state index contributed by atoms with van der Waals surface area (Å²) in [5.41, 5.74) is 3.24. The Labute approximate surface area is 175 Å². The predicted octanol–water partition coefficient (Wildman–Crippen LogP) is 4.11. The lowest BCUT2D eigenvalue weighted by Gasteiger charge is -2.22. The molecule has 0 spiro atoms. The van der Waals surface area contributed by atoms with Crippen LogP contribution in [-0.2, 0) is 21.4 Å². The zero-order valence-corrected chi connectivity index (χ0v) is 17.4.